The summed E-state index contributed by atoms with van der Waals surface area (Å²) in [6, 6.07) is 7.99. The highest BCUT2D eigenvalue weighted by atomic mass is 19.1. The fraction of sp³-hybridized carbons (Fsp3) is 0.0909. The molecule has 0 amide bonds. The van der Waals surface area contributed by atoms with Crippen LogP contribution in [-0.2, 0) is 0 Å². The molecule has 0 saturated carbocycles. The third kappa shape index (κ3) is 2.28. The van der Waals surface area contributed by atoms with E-state index in [0.717, 1.165) is 0 Å². The molecule has 0 aliphatic carbocycles. The van der Waals surface area contributed by atoms with Crippen LogP contribution in [0.5, 0.6) is 0 Å². The van der Waals surface area contributed by atoms with E-state index in [1.807, 2.05) is 0 Å². The molecule has 4 heteroatoms. The first-order chi connectivity index (χ1) is 7.25. The standard InChI is InChI=1S/C11H9FN3/c1-8-13-7-6-11(14-8)15-10-5-3-2-4-9(10)12/h2-6H,1H3,(H,13,14,15). The van der Waals surface area contributed by atoms with Crippen molar-refractivity contribution in [3.8, 4) is 0 Å². The Labute approximate surface area is 87.0 Å². The second-order valence-electron chi connectivity index (χ2n) is 3.03. The molecule has 1 aromatic carbocycles. The second-order valence-corrected chi connectivity index (χ2v) is 3.03. The van der Waals surface area contributed by atoms with Gasteiger partial charge in [0, 0.05) is 6.07 Å². The highest BCUT2D eigenvalue weighted by Crippen LogP contribution is 2.17. The Balaban J connectivity index is 2.26. The van der Waals surface area contributed by atoms with Gasteiger partial charge in [0.05, 0.1) is 11.9 Å². The fourth-order valence-electron chi connectivity index (χ4n) is 1.18. The van der Waals surface area contributed by atoms with Crippen LogP contribution >= 0.6 is 0 Å². The van der Waals surface area contributed by atoms with Gasteiger partial charge in [0.1, 0.15) is 17.5 Å². The van der Waals surface area contributed by atoms with E-state index < -0.39 is 0 Å². The monoisotopic (exact) mass is 202 g/mol. The van der Waals surface area contributed by atoms with Crippen molar-refractivity contribution in [1.82, 2.24) is 9.97 Å². The van der Waals surface area contributed by atoms with Gasteiger partial charge in [-0.1, -0.05) is 12.1 Å². The zero-order valence-electron chi connectivity index (χ0n) is 8.16. The molecule has 1 radical (unpaired) electrons. The van der Waals surface area contributed by atoms with Gasteiger partial charge in [0.2, 0.25) is 0 Å². The first-order valence-corrected chi connectivity index (χ1v) is 4.49. The number of benzene rings is 1. The first kappa shape index (κ1) is 9.58. The lowest BCUT2D eigenvalue weighted by atomic mass is 10.3. The van der Waals surface area contributed by atoms with Gasteiger partial charge in [0.15, 0.2) is 0 Å². The highest BCUT2D eigenvalue weighted by Gasteiger charge is 2.01. The van der Waals surface area contributed by atoms with E-state index in [4.69, 9.17) is 0 Å². The van der Waals surface area contributed by atoms with Crippen LogP contribution in [0.25, 0.3) is 0 Å². The molecule has 2 rings (SSSR count). The van der Waals surface area contributed by atoms with Crippen molar-refractivity contribution >= 4 is 11.5 Å². The molecule has 0 aliphatic heterocycles. The predicted molar refractivity (Wildman–Crippen MR) is 55.3 cm³/mol. The number of para-hydroxylation sites is 1. The number of anilines is 2. The number of aryl methyl sites for hydroxylation is 1. The number of hydrogen-bond donors (Lipinski definition) is 1. The molecule has 0 saturated heterocycles. The summed E-state index contributed by atoms with van der Waals surface area (Å²) in [7, 11) is 0. The van der Waals surface area contributed by atoms with Gasteiger partial charge in [0.25, 0.3) is 0 Å². The second kappa shape index (κ2) is 4.04. The number of nitrogens with zero attached hydrogens (tertiary/aromatic N) is 2. The number of aromatic nitrogens is 2. The minimum atomic E-state index is -0.311. The van der Waals surface area contributed by atoms with E-state index in [2.05, 4.69) is 21.5 Å². The zero-order valence-corrected chi connectivity index (χ0v) is 8.16. The summed E-state index contributed by atoms with van der Waals surface area (Å²) in [6.45, 7) is 1.75. The smallest absolute Gasteiger partial charge is 0.146 e. The van der Waals surface area contributed by atoms with E-state index in [9.17, 15) is 4.39 Å². The van der Waals surface area contributed by atoms with E-state index >= 15 is 0 Å². The van der Waals surface area contributed by atoms with Gasteiger partial charge in [-0.15, -0.1) is 0 Å². The molecule has 0 fully saturated rings. The number of nitrogens with one attached hydrogen (secondary N) is 1. The Kier molecular flexibility index (Phi) is 2.58. The van der Waals surface area contributed by atoms with Crippen LogP contribution in [0.3, 0.4) is 0 Å². The van der Waals surface area contributed by atoms with Crippen LogP contribution in [0.2, 0.25) is 0 Å². The van der Waals surface area contributed by atoms with Gasteiger partial charge in [-0.2, -0.15) is 0 Å². The molecule has 0 unspecified atom stereocenters. The third-order valence-corrected chi connectivity index (χ3v) is 1.85. The molecule has 1 aromatic heterocycles. The van der Waals surface area contributed by atoms with Crippen molar-refractivity contribution in [3.05, 3.63) is 48.2 Å². The Bertz CT molecular complexity index is 471. The average molecular weight is 202 g/mol. The topological polar surface area (TPSA) is 37.8 Å². The van der Waals surface area contributed by atoms with Gasteiger partial charge in [-0.3, -0.25) is 0 Å². The summed E-state index contributed by atoms with van der Waals surface area (Å²) in [5, 5.41) is 2.86. The van der Waals surface area contributed by atoms with Crippen LogP contribution in [0.1, 0.15) is 5.82 Å². The zero-order chi connectivity index (χ0) is 10.7. The van der Waals surface area contributed by atoms with Gasteiger partial charge in [-0.25, -0.2) is 14.4 Å². The maximum Gasteiger partial charge on any atom is 0.146 e. The summed E-state index contributed by atoms with van der Waals surface area (Å²) in [6.07, 6.45) is 2.67. The quantitative estimate of drug-likeness (QED) is 0.812. The Hall–Kier alpha value is -1.97. The normalized spacial score (nSPS) is 10.0. The molecule has 0 atom stereocenters. The van der Waals surface area contributed by atoms with Crippen LogP contribution < -0.4 is 5.32 Å². The lowest BCUT2D eigenvalue weighted by Crippen LogP contribution is -1.98. The Morgan fingerprint density at radius 2 is 2.13 bits per heavy atom. The molecule has 75 valence electrons. The van der Waals surface area contributed by atoms with E-state index in [0.29, 0.717) is 17.3 Å². The molecular weight excluding hydrogens is 193 g/mol. The average Bonchev–Trinajstić information content (AvgIpc) is 2.22. The molecule has 1 heterocycles. The molecule has 0 spiro atoms. The van der Waals surface area contributed by atoms with Crippen LogP contribution in [0.4, 0.5) is 15.9 Å². The third-order valence-electron chi connectivity index (χ3n) is 1.85. The van der Waals surface area contributed by atoms with Crippen LogP contribution in [-0.4, -0.2) is 9.97 Å². The molecule has 1 N–H and O–H groups in total. The van der Waals surface area contributed by atoms with Crippen molar-refractivity contribution in [2.75, 3.05) is 5.32 Å². The maximum absolute atomic E-state index is 13.3. The van der Waals surface area contributed by atoms with Crippen molar-refractivity contribution < 1.29 is 4.39 Å². The molecule has 3 nitrogen and oxygen atoms in total. The lowest BCUT2D eigenvalue weighted by Gasteiger charge is -2.05. The molecule has 0 aliphatic rings. The molecule has 0 bridgehead atoms. The van der Waals surface area contributed by atoms with E-state index in [1.165, 1.54) is 6.07 Å². The van der Waals surface area contributed by atoms with Gasteiger partial charge < -0.3 is 5.32 Å². The van der Waals surface area contributed by atoms with Crippen molar-refractivity contribution in [2.24, 2.45) is 0 Å². The van der Waals surface area contributed by atoms with Crippen LogP contribution in [0, 0.1) is 18.9 Å². The minimum absolute atomic E-state index is 0.311. The van der Waals surface area contributed by atoms with Crippen molar-refractivity contribution in [2.45, 2.75) is 6.92 Å². The largest absolute Gasteiger partial charge is 0.338 e. The predicted octanol–water partition coefficient (Wildman–Crippen LogP) is 2.47. The van der Waals surface area contributed by atoms with Crippen LogP contribution in [0.15, 0.2) is 30.3 Å². The summed E-state index contributed by atoms with van der Waals surface area (Å²) < 4.78 is 13.3. The van der Waals surface area contributed by atoms with E-state index in [-0.39, 0.29) is 5.82 Å². The SMILES string of the molecule is Cc1n[c]cc(Nc2ccccc2F)n1. The lowest BCUT2D eigenvalue weighted by molar-refractivity contribution is 0.632. The molecule has 2 aromatic rings. The minimum Gasteiger partial charge on any atom is -0.338 e. The summed E-state index contributed by atoms with van der Waals surface area (Å²) in [4.78, 5) is 7.92. The number of rotatable bonds is 2. The summed E-state index contributed by atoms with van der Waals surface area (Å²) in [5.41, 5.74) is 0.393. The summed E-state index contributed by atoms with van der Waals surface area (Å²) in [5.74, 6) is 0.817. The molecule has 15 heavy (non-hydrogen) atoms. The maximum atomic E-state index is 13.3. The Morgan fingerprint density at radius 1 is 1.33 bits per heavy atom. The number of hydrogen-bond acceptors (Lipinski definition) is 3. The van der Waals surface area contributed by atoms with Gasteiger partial charge in [-0.05, 0) is 19.1 Å². The first-order valence-electron chi connectivity index (χ1n) is 4.49. The van der Waals surface area contributed by atoms with Gasteiger partial charge >= 0.3 is 0 Å². The Morgan fingerprint density at radius 3 is 2.87 bits per heavy atom. The highest BCUT2D eigenvalue weighted by molar-refractivity contribution is 5.56. The van der Waals surface area contributed by atoms with Crippen molar-refractivity contribution in [3.63, 3.8) is 0 Å². The van der Waals surface area contributed by atoms with E-state index in [1.54, 1.807) is 31.2 Å². The summed E-state index contributed by atoms with van der Waals surface area (Å²) >= 11 is 0. The fourth-order valence-corrected chi connectivity index (χ4v) is 1.18. The number of halogens is 1. The van der Waals surface area contributed by atoms with Crippen molar-refractivity contribution in [1.29, 1.82) is 0 Å². The molecular formula is C11H9FN3.